The van der Waals surface area contributed by atoms with Gasteiger partial charge in [0.2, 0.25) is 35.4 Å². The first-order chi connectivity index (χ1) is 36.4. The highest BCUT2D eigenvalue weighted by Gasteiger charge is 2.46. The molecular weight excluding hydrogens is 1010 g/mol. The maximum absolute atomic E-state index is 15.4. The van der Waals surface area contributed by atoms with Crippen LogP contribution in [0.5, 0.6) is 0 Å². The first-order valence-corrected chi connectivity index (χ1v) is 26.2. The lowest BCUT2D eigenvalue weighted by atomic mass is 9.81. The van der Waals surface area contributed by atoms with E-state index in [9.17, 15) is 53.1 Å². The summed E-state index contributed by atoms with van der Waals surface area (Å²) in [5, 5.41) is 25.5. The number of rotatable bonds is 23. The van der Waals surface area contributed by atoms with Gasteiger partial charge in [-0.1, -0.05) is 43.7 Å². The van der Waals surface area contributed by atoms with Crippen molar-refractivity contribution in [3.05, 3.63) is 110 Å². The molecule has 0 bridgehead atoms. The minimum Gasteiger partial charge on any atom is -0.458 e. The molecule has 3 aliphatic heterocycles. The van der Waals surface area contributed by atoms with Gasteiger partial charge in [0.1, 0.15) is 18.5 Å². The number of carbonyl (C=O) groups excluding carboxylic acids is 9. The number of ether oxygens (including phenoxy) is 1. The van der Waals surface area contributed by atoms with Crippen LogP contribution in [0.25, 0.3) is 22.3 Å². The summed E-state index contributed by atoms with van der Waals surface area (Å²) >= 11 is 1.27. The number of cyclic esters (lactones) is 1. The molecule has 8 amide bonds. The number of imide groups is 1. The number of thioether (sulfide) groups is 1. The van der Waals surface area contributed by atoms with E-state index in [2.05, 4.69) is 26.6 Å². The van der Waals surface area contributed by atoms with Gasteiger partial charge in [-0.05, 0) is 67.3 Å². The monoisotopic (exact) mass is 1060 g/mol. The summed E-state index contributed by atoms with van der Waals surface area (Å²) in [5.41, 5.74) is 7.77. The molecule has 8 N–H and O–H groups in total. The molecule has 1 unspecified atom stereocenters. The number of amides is 8. The molecule has 76 heavy (non-hydrogen) atoms. The van der Waals surface area contributed by atoms with Crippen LogP contribution in [0.1, 0.15) is 96.9 Å². The van der Waals surface area contributed by atoms with Crippen LogP contribution in [-0.2, 0) is 79.5 Å². The number of primary amides is 1. The Bertz CT molecular complexity index is 3130. The number of nitrogens with two attached hydrogens (primary N) is 1. The van der Waals surface area contributed by atoms with Crippen molar-refractivity contribution >= 4 is 75.9 Å². The second kappa shape index (κ2) is 23.4. The third-order valence-corrected chi connectivity index (χ3v) is 15.1. The molecule has 2 aromatic heterocycles. The van der Waals surface area contributed by atoms with Crippen molar-refractivity contribution in [3.8, 4) is 11.4 Å². The van der Waals surface area contributed by atoms with Crippen LogP contribution < -0.4 is 37.9 Å². The summed E-state index contributed by atoms with van der Waals surface area (Å²) in [5.74, 6) is -6.16. The van der Waals surface area contributed by atoms with E-state index >= 15 is 4.39 Å². The SMILES string of the molecule is CC[C@@]1(O)C(=O)OCc2c1cc1n(c2=O)Cc2c-1nc1cc(F)c(C)c3c1c2[C@@H](NC(=O)CCSCNC(=O)CNC(=O)[C@H](Cc1ccccc1)NC(=O)CNC(=O)CC(CCCCN1C(=O)C=CC1=O)C(N)=O)CC3. The van der Waals surface area contributed by atoms with Gasteiger partial charge in [0.15, 0.2) is 5.60 Å². The summed E-state index contributed by atoms with van der Waals surface area (Å²) in [6, 6.07) is 10.1. The summed E-state index contributed by atoms with van der Waals surface area (Å²) in [6.45, 7) is 2.29. The number of aryl methyl sites for hydroxylation is 1. The van der Waals surface area contributed by atoms with Gasteiger partial charge >= 0.3 is 5.97 Å². The minimum absolute atomic E-state index is 0.0350. The number of benzene rings is 2. The fourth-order valence-corrected chi connectivity index (χ4v) is 10.9. The Kier molecular flexibility index (Phi) is 16.8. The first-order valence-electron chi connectivity index (χ1n) is 25.0. The fraction of sp³-hybridized carbons (Fsp3) is 0.415. The molecule has 4 atom stereocenters. The van der Waals surface area contributed by atoms with Crippen molar-refractivity contribution in [2.75, 3.05) is 31.3 Å². The second-order valence-electron chi connectivity index (χ2n) is 19.1. The molecule has 1 aliphatic carbocycles. The highest BCUT2D eigenvalue weighted by molar-refractivity contribution is 7.99. The molecule has 0 saturated heterocycles. The predicted octanol–water partition coefficient (Wildman–Crippen LogP) is 1.37. The van der Waals surface area contributed by atoms with E-state index in [1.54, 1.807) is 50.2 Å². The average Bonchev–Trinajstić information content (AvgIpc) is 3.96. The van der Waals surface area contributed by atoms with Crippen LogP contribution in [0.15, 0.2) is 59.4 Å². The number of pyridine rings is 2. The largest absolute Gasteiger partial charge is 0.458 e. The lowest BCUT2D eigenvalue weighted by Gasteiger charge is -2.31. The number of aliphatic hydroxyl groups is 1. The zero-order valence-corrected chi connectivity index (χ0v) is 42.7. The molecule has 5 heterocycles. The van der Waals surface area contributed by atoms with Crippen molar-refractivity contribution in [1.82, 2.24) is 41.0 Å². The summed E-state index contributed by atoms with van der Waals surface area (Å²) in [7, 11) is 0. The number of nitrogens with one attached hydrogen (secondary N) is 5. The van der Waals surface area contributed by atoms with Gasteiger partial charge in [0.25, 0.3) is 17.4 Å². The highest BCUT2D eigenvalue weighted by atomic mass is 32.2. The Morgan fingerprint density at radius 2 is 1.67 bits per heavy atom. The Labute approximate surface area is 439 Å². The maximum Gasteiger partial charge on any atom is 0.343 e. The van der Waals surface area contributed by atoms with Crippen LogP contribution in [0.4, 0.5) is 4.39 Å². The summed E-state index contributed by atoms with van der Waals surface area (Å²) in [4.78, 5) is 134. The number of esters is 1. The normalized spacial score (nSPS) is 17.8. The van der Waals surface area contributed by atoms with Crippen LogP contribution >= 0.6 is 11.8 Å². The van der Waals surface area contributed by atoms with Gasteiger partial charge in [0, 0.05) is 72.2 Å². The molecule has 2 aromatic carbocycles. The van der Waals surface area contributed by atoms with E-state index in [1.165, 1.54) is 34.5 Å². The van der Waals surface area contributed by atoms with Gasteiger partial charge in [-0.15, -0.1) is 11.8 Å². The Morgan fingerprint density at radius 1 is 0.934 bits per heavy atom. The van der Waals surface area contributed by atoms with Crippen molar-refractivity contribution in [1.29, 1.82) is 0 Å². The Hall–Kier alpha value is -7.79. The Balaban J connectivity index is 0.811. The van der Waals surface area contributed by atoms with E-state index in [-0.39, 0.29) is 74.7 Å². The molecule has 8 rings (SSSR count). The quantitative estimate of drug-likeness (QED) is 0.0211. The third kappa shape index (κ3) is 11.7. The number of aromatic nitrogens is 2. The minimum atomic E-state index is -2.03. The van der Waals surface area contributed by atoms with Crippen LogP contribution in [0.2, 0.25) is 0 Å². The van der Waals surface area contributed by atoms with E-state index in [0.717, 1.165) is 16.0 Å². The van der Waals surface area contributed by atoms with E-state index in [4.69, 9.17) is 15.5 Å². The fourth-order valence-electron chi connectivity index (χ4n) is 10.1. The molecule has 4 aliphatic rings. The number of carbonyl (C=O) groups is 9. The third-order valence-electron chi connectivity index (χ3n) is 14.3. The molecule has 23 heteroatoms. The van der Waals surface area contributed by atoms with Gasteiger partial charge in [-0.3, -0.25) is 48.1 Å². The number of hydrogen-bond acceptors (Lipinski definition) is 14. The van der Waals surface area contributed by atoms with Crippen molar-refractivity contribution in [3.63, 3.8) is 0 Å². The lowest BCUT2D eigenvalue weighted by molar-refractivity contribution is -0.172. The number of nitrogens with zero attached hydrogens (tertiary/aromatic N) is 3. The van der Waals surface area contributed by atoms with Gasteiger partial charge in [-0.25, -0.2) is 14.2 Å². The number of fused-ring (bicyclic) bond motifs is 5. The Morgan fingerprint density at radius 3 is 2.39 bits per heavy atom. The molecule has 0 radical (unpaired) electrons. The van der Waals surface area contributed by atoms with Crippen LogP contribution in [-0.4, -0.2) is 110 Å². The summed E-state index contributed by atoms with van der Waals surface area (Å²) in [6.07, 6.45) is 4.02. The van der Waals surface area contributed by atoms with E-state index in [1.807, 2.05) is 0 Å². The standard InChI is InChI=1S/C53H58FN9O12S/c1-3-53(74)34-21-39-48-32(25-63(39)51(72)33(34)26-75-52(53)73)47-36(13-12-31-28(2)35(54)22-37(61-48)46(31)47)59-40(64)16-18-76-27-58-42(66)23-57-50(71)38(19-29-9-5-4-6-10-29)60-43(67)24-56-41(65)20-30(49(55)70)11-7-8-17-62-44(68)14-15-45(62)69/h4-6,9-10,14-15,21-22,30,36,38,74H,3,7-8,11-13,16-20,23-27H2,1-2H3,(H2,55,70)(H,56,65)(H,57,71)(H,58,66)(H,59,64)(H,60,67)/t30?,36-,38-,53-/m0/s1. The molecule has 0 fully saturated rings. The van der Waals surface area contributed by atoms with Crippen LogP contribution in [0.3, 0.4) is 0 Å². The number of halogens is 1. The smallest absolute Gasteiger partial charge is 0.343 e. The maximum atomic E-state index is 15.4. The van der Waals surface area contributed by atoms with Gasteiger partial charge in [0.05, 0.1) is 54.0 Å². The van der Waals surface area contributed by atoms with Crippen molar-refractivity contribution in [2.24, 2.45) is 11.7 Å². The molecular formula is C53H58FN9O12S. The van der Waals surface area contributed by atoms with Crippen molar-refractivity contribution in [2.45, 2.75) is 102 Å². The average molecular weight is 1060 g/mol. The lowest BCUT2D eigenvalue weighted by Crippen LogP contribution is -2.52. The van der Waals surface area contributed by atoms with Crippen molar-refractivity contribution < 1.29 is 57.4 Å². The predicted molar refractivity (Wildman–Crippen MR) is 274 cm³/mol. The molecule has 0 spiro atoms. The highest BCUT2D eigenvalue weighted by Crippen LogP contribution is 2.46. The number of unbranched alkanes of at least 4 members (excludes halogenated alkanes) is 1. The van der Waals surface area contributed by atoms with E-state index in [0.29, 0.717) is 70.4 Å². The topological polar surface area (TPSA) is 307 Å². The second-order valence-corrected chi connectivity index (χ2v) is 20.2. The van der Waals surface area contributed by atoms with Gasteiger partial charge < -0.3 is 46.7 Å². The zero-order chi connectivity index (χ0) is 54.4. The van der Waals surface area contributed by atoms with Gasteiger partial charge in [-0.2, -0.15) is 0 Å². The summed E-state index contributed by atoms with van der Waals surface area (Å²) < 4.78 is 22.1. The number of hydrogen-bond donors (Lipinski definition) is 7. The molecule has 21 nitrogen and oxygen atoms in total. The van der Waals surface area contributed by atoms with E-state index < -0.39 is 95.4 Å². The molecule has 400 valence electrons. The molecule has 4 aromatic rings. The van der Waals surface area contributed by atoms with Crippen LogP contribution in [0, 0.1) is 18.7 Å². The molecule has 0 saturated carbocycles. The first kappa shape index (κ1) is 54.5. The zero-order valence-electron chi connectivity index (χ0n) is 41.9.